The summed E-state index contributed by atoms with van der Waals surface area (Å²) in [5.41, 5.74) is 0.448. The lowest BCUT2D eigenvalue weighted by atomic mass is 10.1. The lowest BCUT2D eigenvalue weighted by molar-refractivity contribution is 0.0276. The Hall–Kier alpha value is -2.11. The molecule has 1 aliphatic rings. The molecule has 5 nitrogen and oxygen atoms in total. The molecule has 2 rings (SSSR count). The summed E-state index contributed by atoms with van der Waals surface area (Å²) in [5.74, 6) is 0.478. The van der Waals surface area contributed by atoms with Crippen LogP contribution in [0.25, 0.3) is 0 Å². The van der Waals surface area contributed by atoms with Crippen molar-refractivity contribution in [3.63, 3.8) is 0 Å². The number of nitrogens with zero attached hydrogens (tertiary/aromatic N) is 2. The fourth-order valence-electron chi connectivity index (χ4n) is 2.27. The van der Waals surface area contributed by atoms with Gasteiger partial charge in [0.15, 0.2) is 0 Å². The molecule has 23 heavy (non-hydrogen) atoms. The lowest BCUT2D eigenvalue weighted by Crippen LogP contribution is -2.47. The van der Waals surface area contributed by atoms with Crippen molar-refractivity contribution in [1.82, 2.24) is 10.2 Å². The average Bonchev–Trinajstić information content (AvgIpc) is 2.46. The highest BCUT2D eigenvalue weighted by Crippen LogP contribution is 2.15. The monoisotopic (exact) mass is 321 g/mol. The number of nitrogens with one attached hydrogen (secondary N) is 1. The van der Waals surface area contributed by atoms with Gasteiger partial charge in [0.2, 0.25) is 0 Å². The minimum absolute atomic E-state index is 0.0204. The van der Waals surface area contributed by atoms with Crippen LogP contribution in [0, 0.1) is 5.82 Å². The molecular weight excluding hydrogens is 297 g/mol. The molecule has 1 aromatic rings. The van der Waals surface area contributed by atoms with Crippen molar-refractivity contribution in [1.29, 1.82) is 0 Å². The maximum atomic E-state index is 13.0. The summed E-state index contributed by atoms with van der Waals surface area (Å²) in [6.45, 7) is 8.99. The van der Waals surface area contributed by atoms with E-state index in [0.29, 0.717) is 19.6 Å². The van der Waals surface area contributed by atoms with Gasteiger partial charge >= 0.3 is 6.09 Å². The summed E-state index contributed by atoms with van der Waals surface area (Å²) in [7, 11) is 0. The maximum absolute atomic E-state index is 13.0. The van der Waals surface area contributed by atoms with E-state index in [-0.39, 0.29) is 18.0 Å². The largest absolute Gasteiger partial charge is 0.444 e. The third kappa shape index (κ3) is 5.23. The van der Waals surface area contributed by atoms with Crippen molar-refractivity contribution in [3.8, 4) is 0 Å². The molecule has 126 valence electrons. The van der Waals surface area contributed by atoms with Crippen molar-refractivity contribution in [2.24, 2.45) is 4.99 Å². The van der Waals surface area contributed by atoms with Crippen LogP contribution in [0.15, 0.2) is 29.3 Å². The highest BCUT2D eigenvalue weighted by atomic mass is 19.1. The number of aliphatic imine (C=N–C) groups is 1. The lowest BCUT2D eigenvalue weighted by Gasteiger charge is -2.30. The summed E-state index contributed by atoms with van der Waals surface area (Å²) in [5, 5.41) is 3.28. The van der Waals surface area contributed by atoms with E-state index >= 15 is 0 Å². The van der Waals surface area contributed by atoms with E-state index in [1.165, 1.54) is 12.1 Å². The minimum Gasteiger partial charge on any atom is -0.444 e. The Morgan fingerprint density at radius 3 is 2.61 bits per heavy atom. The van der Waals surface area contributed by atoms with Crippen LogP contribution in [0.3, 0.4) is 0 Å². The number of carbonyl (C=O) groups excluding carboxylic acids is 1. The second-order valence-corrected chi connectivity index (χ2v) is 6.65. The molecule has 0 radical (unpaired) electrons. The van der Waals surface area contributed by atoms with Gasteiger partial charge in [-0.05, 0) is 45.4 Å². The number of carbonyl (C=O) groups is 1. The van der Waals surface area contributed by atoms with Crippen LogP contribution in [0.5, 0.6) is 0 Å². The van der Waals surface area contributed by atoms with Gasteiger partial charge in [-0.25, -0.2) is 9.18 Å². The van der Waals surface area contributed by atoms with Crippen molar-refractivity contribution in [2.75, 3.05) is 19.6 Å². The van der Waals surface area contributed by atoms with Gasteiger partial charge in [-0.2, -0.15) is 0 Å². The zero-order valence-corrected chi connectivity index (χ0v) is 14.1. The van der Waals surface area contributed by atoms with E-state index in [0.717, 1.165) is 11.4 Å². The Kier molecular flexibility index (Phi) is 5.23. The second-order valence-electron chi connectivity index (χ2n) is 6.65. The number of hydrogen-bond acceptors (Lipinski definition) is 4. The van der Waals surface area contributed by atoms with Gasteiger partial charge in [-0.1, -0.05) is 12.1 Å². The molecular formula is C17H24FN3O2. The number of hydrogen-bond donors (Lipinski definition) is 1. The van der Waals surface area contributed by atoms with Gasteiger partial charge < -0.3 is 10.1 Å². The Balaban J connectivity index is 1.94. The van der Waals surface area contributed by atoms with E-state index in [2.05, 4.69) is 10.3 Å². The van der Waals surface area contributed by atoms with Gasteiger partial charge in [-0.3, -0.25) is 9.89 Å². The molecule has 1 amide bonds. The SMILES string of the molecule is CC(NC1=NCCN(C(=O)OC(C)(C)C)C1)c1ccc(F)cc1. The van der Waals surface area contributed by atoms with E-state index < -0.39 is 5.60 Å². The van der Waals surface area contributed by atoms with Crippen LogP contribution in [-0.4, -0.2) is 42.1 Å². The first kappa shape index (κ1) is 17.2. The summed E-state index contributed by atoms with van der Waals surface area (Å²) >= 11 is 0. The highest BCUT2D eigenvalue weighted by Gasteiger charge is 2.25. The van der Waals surface area contributed by atoms with Crippen LogP contribution in [0.1, 0.15) is 39.3 Å². The topological polar surface area (TPSA) is 53.9 Å². The molecule has 0 saturated carbocycles. The van der Waals surface area contributed by atoms with Crippen molar-refractivity contribution in [3.05, 3.63) is 35.6 Å². The number of amidine groups is 1. The van der Waals surface area contributed by atoms with Crippen LogP contribution < -0.4 is 5.32 Å². The van der Waals surface area contributed by atoms with Gasteiger partial charge in [0.1, 0.15) is 17.3 Å². The van der Waals surface area contributed by atoms with E-state index in [9.17, 15) is 9.18 Å². The molecule has 0 bridgehead atoms. The first-order valence-corrected chi connectivity index (χ1v) is 7.78. The summed E-state index contributed by atoms with van der Waals surface area (Å²) in [6, 6.07) is 6.32. The molecule has 1 atom stereocenters. The molecule has 1 aliphatic heterocycles. The maximum Gasteiger partial charge on any atom is 0.410 e. The van der Waals surface area contributed by atoms with Gasteiger partial charge in [0, 0.05) is 12.6 Å². The van der Waals surface area contributed by atoms with E-state index in [1.54, 1.807) is 17.0 Å². The fourth-order valence-corrected chi connectivity index (χ4v) is 2.27. The van der Waals surface area contributed by atoms with Crippen molar-refractivity contribution >= 4 is 11.9 Å². The Bertz CT molecular complexity index is 578. The third-order valence-electron chi connectivity index (χ3n) is 3.42. The molecule has 1 unspecified atom stereocenters. The highest BCUT2D eigenvalue weighted by molar-refractivity contribution is 5.88. The number of benzene rings is 1. The predicted octanol–water partition coefficient (Wildman–Crippen LogP) is 3.13. The molecule has 0 saturated heterocycles. The smallest absolute Gasteiger partial charge is 0.410 e. The number of rotatable bonds is 2. The molecule has 0 spiro atoms. The van der Waals surface area contributed by atoms with E-state index in [1.807, 2.05) is 27.7 Å². The quantitative estimate of drug-likeness (QED) is 0.910. The summed E-state index contributed by atoms with van der Waals surface area (Å²) < 4.78 is 18.4. The van der Waals surface area contributed by atoms with Crippen molar-refractivity contribution < 1.29 is 13.9 Å². The first-order chi connectivity index (χ1) is 10.7. The predicted molar refractivity (Wildman–Crippen MR) is 88.1 cm³/mol. The number of halogens is 1. The van der Waals surface area contributed by atoms with Crippen LogP contribution in [0.4, 0.5) is 9.18 Å². The molecule has 1 aromatic carbocycles. The number of ether oxygens (including phenoxy) is 1. The molecule has 0 fully saturated rings. The van der Waals surface area contributed by atoms with Crippen LogP contribution in [-0.2, 0) is 4.74 Å². The van der Waals surface area contributed by atoms with Crippen LogP contribution >= 0.6 is 0 Å². The van der Waals surface area contributed by atoms with Gasteiger partial charge in [0.05, 0.1) is 13.1 Å². The Labute approximate surface area is 136 Å². The average molecular weight is 321 g/mol. The second kappa shape index (κ2) is 6.98. The zero-order chi connectivity index (χ0) is 17.0. The molecule has 1 heterocycles. The molecule has 0 aromatic heterocycles. The molecule has 6 heteroatoms. The minimum atomic E-state index is -0.513. The standard InChI is InChI=1S/C17H24FN3O2/c1-12(13-5-7-14(18)8-6-13)20-15-11-21(10-9-19-15)16(22)23-17(2,3)4/h5-8,12H,9-11H2,1-4H3,(H,19,20). The Morgan fingerprint density at radius 1 is 1.35 bits per heavy atom. The van der Waals surface area contributed by atoms with Crippen molar-refractivity contribution in [2.45, 2.75) is 39.3 Å². The zero-order valence-electron chi connectivity index (χ0n) is 14.1. The normalized spacial score (nSPS) is 16.6. The van der Waals surface area contributed by atoms with Crippen LogP contribution in [0.2, 0.25) is 0 Å². The van der Waals surface area contributed by atoms with E-state index in [4.69, 9.17) is 4.74 Å². The number of amides is 1. The van der Waals surface area contributed by atoms with Gasteiger partial charge in [0.25, 0.3) is 0 Å². The third-order valence-corrected chi connectivity index (χ3v) is 3.42. The van der Waals surface area contributed by atoms with Gasteiger partial charge in [-0.15, -0.1) is 0 Å². The summed E-state index contributed by atoms with van der Waals surface area (Å²) in [4.78, 5) is 18.2. The molecule has 0 aliphatic carbocycles. The molecule has 1 N–H and O–H groups in total. The fraction of sp³-hybridized carbons (Fsp3) is 0.529. The summed E-state index contributed by atoms with van der Waals surface area (Å²) in [6.07, 6.45) is -0.332. The first-order valence-electron chi connectivity index (χ1n) is 7.78. The Morgan fingerprint density at radius 2 is 2.00 bits per heavy atom.